The molecule has 1 N–H and O–H groups in total. The van der Waals surface area contributed by atoms with Gasteiger partial charge in [-0.1, -0.05) is 23.7 Å². The van der Waals surface area contributed by atoms with E-state index in [0.29, 0.717) is 23.7 Å². The molecule has 0 aromatic heterocycles. The van der Waals surface area contributed by atoms with Crippen LogP contribution in [-0.4, -0.2) is 36.3 Å². The van der Waals surface area contributed by atoms with Crippen LogP contribution >= 0.6 is 11.6 Å². The Morgan fingerprint density at radius 3 is 2.50 bits per heavy atom. The summed E-state index contributed by atoms with van der Waals surface area (Å²) in [4.78, 5) is 25.1. The van der Waals surface area contributed by atoms with Crippen LogP contribution < -0.4 is 5.32 Å². The van der Waals surface area contributed by atoms with Gasteiger partial charge in [0.2, 0.25) is 0 Å². The normalized spacial score (nSPS) is 9.94. The lowest BCUT2D eigenvalue weighted by Gasteiger charge is -2.18. The molecule has 1 aromatic rings. The molecule has 18 heavy (non-hydrogen) atoms. The van der Waals surface area contributed by atoms with Crippen molar-refractivity contribution in [3.8, 4) is 0 Å². The average Bonchev–Trinajstić information content (AvgIpc) is 2.37. The van der Waals surface area contributed by atoms with Gasteiger partial charge in [0.15, 0.2) is 5.78 Å². The zero-order valence-electron chi connectivity index (χ0n) is 10.6. The van der Waals surface area contributed by atoms with Crippen LogP contribution in [0.4, 0.5) is 4.79 Å². The summed E-state index contributed by atoms with van der Waals surface area (Å²) in [6, 6.07) is 6.45. The van der Waals surface area contributed by atoms with Crippen LogP contribution in [0.1, 0.15) is 24.2 Å². The minimum absolute atomic E-state index is 0.0182. The van der Waals surface area contributed by atoms with Crippen LogP contribution in [0, 0.1) is 0 Å². The van der Waals surface area contributed by atoms with Crippen LogP contribution in [0.25, 0.3) is 0 Å². The van der Waals surface area contributed by atoms with Crippen molar-refractivity contribution < 1.29 is 9.59 Å². The lowest BCUT2D eigenvalue weighted by atomic mass is 10.1. The van der Waals surface area contributed by atoms with Gasteiger partial charge in [-0.05, 0) is 26.0 Å². The number of Topliss-reactive ketones (excluding diaryl/α,β-unsaturated/α-hetero) is 1. The van der Waals surface area contributed by atoms with E-state index in [9.17, 15) is 9.59 Å². The Morgan fingerprint density at radius 2 is 1.94 bits per heavy atom. The van der Waals surface area contributed by atoms with E-state index in [-0.39, 0.29) is 18.4 Å². The van der Waals surface area contributed by atoms with Crippen LogP contribution in [0.5, 0.6) is 0 Å². The fourth-order valence-electron chi connectivity index (χ4n) is 1.54. The minimum Gasteiger partial charge on any atom is -0.331 e. The minimum atomic E-state index is -0.227. The number of hydrogen-bond acceptors (Lipinski definition) is 2. The van der Waals surface area contributed by atoms with Gasteiger partial charge in [-0.25, -0.2) is 4.79 Å². The maximum Gasteiger partial charge on any atom is 0.317 e. The Hall–Kier alpha value is -1.55. The molecule has 0 aliphatic rings. The van der Waals surface area contributed by atoms with Gasteiger partial charge in [0.25, 0.3) is 0 Å². The number of ketones is 1. The highest BCUT2D eigenvalue weighted by Gasteiger charge is 2.11. The highest BCUT2D eigenvalue weighted by molar-refractivity contribution is 6.31. The van der Waals surface area contributed by atoms with E-state index >= 15 is 0 Å². The number of carbonyl (C=O) groups is 2. The summed E-state index contributed by atoms with van der Waals surface area (Å²) in [6.07, 6.45) is 0. The number of nitrogens with one attached hydrogen (secondary N) is 1. The molecule has 0 fully saturated rings. The Bertz CT molecular complexity index is 431. The first-order valence-electron chi connectivity index (χ1n) is 5.90. The summed E-state index contributed by atoms with van der Waals surface area (Å²) < 4.78 is 0. The van der Waals surface area contributed by atoms with Crippen LogP contribution in [-0.2, 0) is 0 Å². The SMILES string of the molecule is CCN(CC)C(=O)NCC(=O)c1cccc(Cl)c1. The van der Waals surface area contributed by atoms with Crippen LogP contribution in [0.15, 0.2) is 24.3 Å². The maximum absolute atomic E-state index is 11.8. The number of rotatable bonds is 5. The molecule has 1 rings (SSSR count). The van der Waals surface area contributed by atoms with Crippen molar-refractivity contribution in [2.45, 2.75) is 13.8 Å². The molecule has 0 aliphatic carbocycles. The summed E-state index contributed by atoms with van der Waals surface area (Å²) in [6.45, 7) is 5.00. The highest BCUT2D eigenvalue weighted by atomic mass is 35.5. The smallest absolute Gasteiger partial charge is 0.317 e. The second-order valence-electron chi connectivity index (χ2n) is 3.76. The molecular weight excluding hydrogens is 252 g/mol. The quantitative estimate of drug-likeness (QED) is 0.835. The Kier molecular flexibility index (Phi) is 5.65. The van der Waals surface area contributed by atoms with Gasteiger partial charge in [-0.3, -0.25) is 4.79 Å². The van der Waals surface area contributed by atoms with Crippen molar-refractivity contribution in [2.75, 3.05) is 19.6 Å². The molecule has 1 aromatic carbocycles. The van der Waals surface area contributed by atoms with Gasteiger partial charge >= 0.3 is 6.03 Å². The molecule has 0 heterocycles. The summed E-state index contributed by atoms with van der Waals surface area (Å²) in [5.74, 6) is -0.155. The summed E-state index contributed by atoms with van der Waals surface area (Å²) in [5.41, 5.74) is 0.502. The topological polar surface area (TPSA) is 49.4 Å². The summed E-state index contributed by atoms with van der Waals surface area (Å²) in [7, 11) is 0. The largest absolute Gasteiger partial charge is 0.331 e. The zero-order chi connectivity index (χ0) is 13.5. The first-order chi connectivity index (χ1) is 8.58. The van der Waals surface area contributed by atoms with E-state index in [1.807, 2.05) is 13.8 Å². The molecule has 98 valence electrons. The van der Waals surface area contributed by atoms with Crippen LogP contribution in [0.3, 0.4) is 0 Å². The van der Waals surface area contributed by atoms with Crippen molar-refractivity contribution in [3.05, 3.63) is 34.9 Å². The number of benzene rings is 1. The van der Waals surface area contributed by atoms with Crippen molar-refractivity contribution in [1.29, 1.82) is 0 Å². The third-order valence-electron chi connectivity index (χ3n) is 2.60. The van der Waals surface area contributed by atoms with Gasteiger partial charge in [0.05, 0.1) is 6.54 Å². The molecule has 0 atom stereocenters. The highest BCUT2D eigenvalue weighted by Crippen LogP contribution is 2.10. The fourth-order valence-corrected chi connectivity index (χ4v) is 1.73. The predicted octanol–water partition coefficient (Wildman–Crippen LogP) is 2.57. The third-order valence-corrected chi connectivity index (χ3v) is 2.83. The lowest BCUT2D eigenvalue weighted by Crippen LogP contribution is -2.41. The van der Waals surface area contributed by atoms with Crippen molar-refractivity contribution >= 4 is 23.4 Å². The number of hydrogen-bond donors (Lipinski definition) is 1. The second-order valence-corrected chi connectivity index (χ2v) is 4.20. The van der Waals surface area contributed by atoms with Crippen molar-refractivity contribution in [3.63, 3.8) is 0 Å². The molecular formula is C13H17ClN2O2. The molecule has 2 amide bonds. The number of amides is 2. The van der Waals surface area contributed by atoms with Gasteiger partial charge in [-0.15, -0.1) is 0 Å². The number of nitrogens with zero attached hydrogens (tertiary/aromatic N) is 1. The maximum atomic E-state index is 11.8. The molecule has 5 heteroatoms. The molecule has 0 aliphatic heterocycles. The zero-order valence-corrected chi connectivity index (χ0v) is 11.3. The summed E-state index contributed by atoms with van der Waals surface area (Å²) in [5, 5.41) is 3.11. The number of carbonyl (C=O) groups excluding carboxylic acids is 2. The van der Waals surface area contributed by atoms with Gasteiger partial charge in [0.1, 0.15) is 0 Å². The average molecular weight is 269 g/mol. The van der Waals surface area contributed by atoms with Gasteiger partial charge < -0.3 is 10.2 Å². The predicted molar refractivity (Wildman–Crippen MR) is 72.1 cm³/mol. The summed E-state index contributed by atoms with van der Waals surface area (Å²) >= 11 is 5.80. The van der Waals surface area contributed by atoms with E-state index in [1.165, 1.54) is 0 Å². The Labute approximate surface area is 112 Å². The number of urea groups is 1. The van der Waals surface area contributed by atoms with Crippen molar-refractivity contribution in [2.24, 2.45) is 0 Å². The van der Waals surface area contributed by atoms with E-state index in [2.05, 4.69) is 5.32 Å². The molecule has 4 nitrogen and oxygen atoms in total. The molecule has 0 spiro atoms. The first-order valence-corrected chi connectivity index (χ1v) is 6.27. The molecule has 0 saturated heterocycles. The van der Waals surface area contributed by atoms with E-state index in [1.54, 1.807) is 29.2 Å². The van der Waals surface area contributed by atoms with E-state index < -0.39 is 0 Å². The van der Waals surface area contributed by atoms with Crippen molar-refractivity contribution in [1.82, 2.24) is 10.2 Å². The van der Waals surface area contributed by atoms with Gasteiger partial charge in [0, 0.05) is 23.7 Å². The monoisotopic (exact) mass is 268 g/mol. The van der Waals surface area contributed by atoms with E-state index in [0.717, 1.165) is 0 Å². The lowest BCUT2D eigenvalue weighted by molar-refractivity contribution is 0.0989. The molecule has 0 bridgehead atoms. The molecule has 0 radical (unpaired) electrons. The number of halogens is 1. The standard InChI is InChI=1S/C13H17ClN2O2/c1-3-16(4-2)13(18)15-9-12(17)10-6-5-7-11(14)8-10/h5-8H,3-4,9H2,1-2H3,(H,15,18). The Morgan fingerprint density at radius 1 is 1.28 bits per heavy atom. The fraction of sp³-hybridized carbons (Fsp3) is 0.385. The molecule has 0 saturated carbocycles. The first kappa shape index (κ1) is 14.5. The third kappa shape index (κ3) is 4.04. The van der Waals surface area contributed by atoms with Gasteiger partial charge in [-0.2, -0.15) is 0 Å². The Balaban J connectivity index is 2.54. The second kappa shape index (κ2) is 7.01. The van der Waals surface area contributed by atoms with Crippen LogP contribution in [0.2, 0.25) is 5.02 Å². The molecule has 0 unspecified atom stereocenters. The van der Waals surface area contributed by atoms with E-state index in [4.69, 9.17) is 11.6 Å².